The lowest BCUT2D eigenvalue weighted by Crippen LogP contribution is -2.36. The summed E-state index contributed by atoms with van der Waals surface area (Å²) >= 11 is 0. The van der Waals surface area contributed by atoms with E-state index in [2.05, 4.69) is 10.6 Å². The summed E-state index contributed by atoms with van der Waals surface area (Å²) in [5.41, 5.74) is -0.795. The molecule has 5 heteroatoms. The lowest BCUT2D eigenvalue weighted by atomic mass is 9.82. The van der Waals surface area contributed by atoms with Gasteiger partial charge in [-0.3, -0.25) is 9.59 Å². The Morgan fingerprint density at radius 3 is 2.42 bits per heavy atom. The molecule has 0 aliphatic heterocycles. The van der Waals surface area contributed by atoms with Crippen LogP contribution in [0.25, 0.3) is 0 Å². The predicted octanol–water partition coefficient (Wildman–Crippen LogP) is 1.28. The fourth-order valence-corrected chi connectivity index (χ4v) is 2.80. The first-order valence-corrected chi connectivity index (χ1v) is 7.36. The molecule has 0 radical (unpaired) electrons. The largest absolute Gasteiger partial charge is 0.481 e. The van der Waals surface area contributed by atoms with Gasteiger partial charge in [-0.2, -0.15) is 0 Å². The number of amides is 1. The summed E-state index contributed by atoms with van der Waals surface area (Å²) in [6, 6.07) is 0.699. The van der Waals surface area contributed by atoms with Crippen molar-refractivity contribution < 1.29 is 14.7 Å². The number of carboxylic acid groups (broad SMARTS) is 1. The van der Waals surface area contributed by atoms with Gasteiger partial charge in [0.15, 0.2) is 0 Å². The standard InChI is InChI=1S/C14H24N2O3/c17-12(16-9-3-8-15-11-4-5-11)10-14(13(18)19)6-1-2-7-14/h11,15H,1-10H2,(H,16,17)(H,18,19). The topological polar surface area (TPSA) is 78.4 Å². The highest BCUT2D eigenvalue weighted by Crippen LogP contribution is 2.41. The minimum absolute atomic E-state index is 0.115. The van der Waals surface area contributed by atoms with Gasteiger partial charge in [-0.25, -0.2) is 0 Å². The van der Waals surface area contributed by atoms with E-state index < -0.39 is 11.4 Å². The number of rotatable bonds is 8. The van der Waals surface area contributed by atoms with Crippen molar-refractivity contribution in [2.75, 3.05) is 13.1 Å². The van der Waals surface area contributed by atoms with Crippen molar-refractivity contribution >= 4 is 11.9 Å². The molecule has 2 aliphatic carbocycles. The van der Waals surface area contributed by atoms with Crippen LogP contribution in [0.2, 0.25) is 0 Å². The molecule has 0 unspecified atom stereocenters. The second kappa shape index (κ2) is 6.37. The Morgan fingerprint density at radius 1 is 1.16 bits per heavy atom. The monoisotopic (exact) mass is 268 g/mol. The van der Waals surface area contributed by atoms with Gasteiger partial charge in [-0.1, -0.05) is 12.8 Å². The summed E-state index contributed by atoms with van der Waals surface area (Å²) in [5, 5.41) is 15.5. The summed E-state index contributed by atoms with van der Waals surface area (Å²) in [6.07, 6.45) is 6.70. The molecule has 5 nitrogen and oxygen atoms in total. The summed E-state index contributed by atoms with van der Waals surface area (Å²) in [6.45, 7) is 1.56. The van der Waals surface area contributed by atoms with E-state index in [1.54, 1.807) is 0 Å². The third-order valence-electron chi connectivity index (χ3n) is 4.20. The second-order valence-corrected chi connectivity index (χ2v) is 5.90. The Bertz CT molecular complexity index is 334. The molecule has 0 atom stereocenters. The van der Waals surface area contributed by atoms with Gasteiger partial charge in [-0.15, -0.1) is 0 Å². The first kappa shape index (κ1) is 14.3. The maximum absolute atomic E-state index is 11.8. The summed E-state index contributed by atoms with van der Waals surface area (Å²) < 4.78 is 0. The van der Waals surface area contributed by atoms with E-state index in [0.717, 1.165) is 25.8 Å². The Labute approximate surface area is 114 Å². The van der Waals surface area contributed by atoms with Crippen molar-refractivity contribution in [2.45, 2.75) is 57.4 Å². The van der Waals surface area contributed by atoms with Crippen LogP contribution in [0, 0.1) is 5.41 Å². The molecular formula is C14H24N2O3. The van der Waals surface area contributed by atoms with Gasteiger partial charge in [0, 0.05) is 19.0 Å². The molecule has 0 spiro atoms. The lowest BCUT2D eigenvalue weighted by molar-refractivity contribution is -0.151. The number of carbonyl (C=O) groups excluding carboxylic acids is 1. The van der Waals surface area contributed by atoms with Crippen LogP contribution >= 0.6 is 0 Å². The molecule has 0 aromatic rings. The van der Waals surface area contributed by atoms with Gasteiger partial charge in [-0.05, 0) is 38.6 Å². The van der Waals surface area contributed by atoms with Gasteiger partial charge in [0.05, 0.1) is 5.41 Å². The highest BCUT2D eigenvalue weighted by Gasteiger charge is 2.42. The molecule has 2 saturated carbocycles. The maximum atomic E-state index is 11.8. The number of carboxylic acids is 1. The van der Waals surface area contributed by atoms with Crippen molar-refractivity contribution in [3.05, 3.63) is 0 Å². The molecule has 108 valence electrons. The first-order chi connectivity index (χ1) is 9.12. The quantitative estimate of drug-likeness (QED) is 0.579. The highest BCUT2D eigenvalue weighted by atomic mass is 16.4. The third-order valence-corrected chi connectivity index (χ3v) is 4.20. The van der Waals surface area contributed by atoms with Crippen molar-refractivity contribution in [2.24, 2.45) is 5.41 Å². The molecular weight excluding hydrogens is 244 g/mol. The van der Waals surface area contributed by atoms with E-state index in [1.807, 2.05) is 0 Å². The van der Waals surface area contributed by atoms with Gasteiger partial charge in [0.1, 0.15) is 0 Å². The Morgan fingerprint density at radius 2 is 1.84 bits per heavy atom. The summed E-state index contributed by atoms with van der Waals surface area (Å²) in [5.74, 6) is -0.925. The number of carbonyl (C=O) groups is 2. The van der Waals surface area contributed by atoms with E-state index >= 15 is 0 Å². The van der Waals surface area contributed by atoms with E-state index in [9.17, 15) is 14.7 Å². The second-order valence-electron chi connectivity index (χ2n) is 5.90. The van der Waals surface area contributed by atoms with Crippen molar-refractivity contribution in [1.82, 2.24) is 10.6 Å². The Balaban J connectivity index is 1.63. The van der Waals surface area contributed by atoms with Crippen LogP contribution in [0.5, 0.6) is 0 Å². The molecule has 1 amide bonds. The van der Waals surface area contributed by atoms with Crippen LogP contribution in [0.15, 0.2) is 0 Å². The SMILES string of the molecule is O=C(CC1(C(=O)O)CCCC1)NCCCNC1CC1. The van der Waals surface area contributed by atoms with Crippen LogP contribution in [0.1, 0.15) is 51.4 Å². The molecule has 0 heterocycles. The van der Waals surface area contributed by atoms with Crippen molar-refractivity contribution in [3.63, 3.8) is 0 Å². The molecule has 19 heavy (non-hydrogen) atoms. The van der Waals surface area contributed by atoms with Crippen molar-refractivity contribution in [3.8, 4) is 0 Å². The fourth-order valence-electron chi connectivity index (χ4n) is 2.80. The number of hydrogen-bond donors (Lipinski definition) is 3. The van der Waals surface area contributed by atoms with E-state index in [4.69, 9.17) is 0 Å². The van der Waals surface area contributed by atoms with Crippen LogP contribution < -0.4 is 10.6 Å². The molecule has 2 aliphatic rings. The zero-order valence-corrected chi connectivity index (χ0v) is 11.4. The highest BCUT2D eigenvalue weighted by molar-refractivity contribution is 5.85. The van der Waals surface area contributed by atoms with Gasteiger partial charge in [0.25, 0.3) is 0 Å². The lowest BCUT2D eigenvalue weighted by Gasteiger charge is -2.22. The van der Waals surface area contributed by atoms with Crippen LogP contribution in [0.4, 0.5) is 0 Å². The zero-order chi connectivity index (χ0) is 13.7. The molecule has 0 aromatic carbocycles. The van der Waals surface area contributed by atoms with Gasteiger partial charge in [0.2, 0.25) is 5.91 Å². The molecule has 0 bridgehead atoms. The third kappa shape index (κ3) is 4.20. The molecule has 0 aromatic heterocycles. The number of hydrogen-bond acceptors (Lipinski definition) is 3. The first-order valence-electron chi connectivity index (χ1n) is 7.36. The Hall–Kier alpha value is -1.10. The smallest absolute Gasteiger partial charge is 0.310 e. The maximum Gasteiger partial charge on any atom is 0.310 e. The number of nitrogens with one attached hydrogen (secondary N) is 2. The number of aliphatic carboxylic acids is 1. The molecule has 2 rings (SSSR count). The molecule has 0 saturated heterocycles. The molecule has 3 N–H and O–H groups in total. The van der Waals surface area contributed by atoms with E-state index in [-0.39, 0.29) is 12.3 Å². The minimum atomic E-state index is -0.810. The fraction of sp³-hybridized carbons (Fsp3) is 0.857. The van der Waals surface area contributed by atoms with Crippen LogP contribution in [-0.2, 0) is 9.59 Å². The average Bonchev–Trinajstić information content (AvgIpc) is 3.06. The van der Waals surface area contributed by atoms with Gasteiger partial charge >= 0.3 is 5.97 Å². The van der Waals surface area contributed by atoms with Crippen LogP contribution in [0.3, 0.4) is 0 Å². The van der Waals surface area contributed by atoms with Crippen molar-refractivity contribution in [1.29, 1.82) is 0 Å². The minimum Gasteiger partial charge on any atom is -0.481 e. The average molecular weight is 268 g/mol. The van der Waals surface area contributed by atoms with Crippen LogP contribution in [-0.4, -0.2) is 36.1 Å². The molecule has 2 fully saturated rings. The summed E-state index contributed by atoms with van der Waals surface area (Å²) in [7, 11) is 0. The summed E-state index contributed by atoms with van der Waals surface area (Å²) in [4.78, 5) is 23.2. The van der Waals surface area contributed by atoms with E-state index in [1.165, 1.54) is 12.8 Å². The predicted molar refractivity (Wildman–Crippen MR) is 71.8 cm³/mol. The zero-order valence-electron chi connectivity index (χ0n) is 11.4. The van der Waals surface area contributed by atoms with E-state index in [0.29, 0.717) is 25.4 Å². The normalized spacial score (nSPS) is 21.3. The van der Waals surface area contributed by atoms with Gasteiger partial charge < -0.3 is 15.7 Å². The Kier molecular flexibility index (Phi) is 4.80.